The zero-order chi connectivity index (χ0) is 19.9. The first-order valence-electron chi connectivity index (χ1n) is 9.95. The van der Waals surface area contributed by atoms with E-state index in [1.54, 1.807) is 30.3 Å². The lowest BCUT2D eigenvalue weighted by Gasteiger charge is -2.17. The van der Waals surface area contributed by atoms with Crippen LogP contribution in [0.2, 0.25) is 0 Å². The van der Waals surface area contributed by atoms with E-state index in [1.807, 2.05) is 19.2 Å². The van der Waals surface area contributed by atoms with Crippen LogP contribution in [0.3, 0.4) is 0 Å². The summed E-state index contributed by atoms with van der Waals surface area (Å²) in [6.45, 7) is 2.03. The molecule has 3 rings (SSSR count). The van der Waals surface area contributed by atoms with Crippen molar-refractivity contribution in [3.63, 3.8) is 0 Å². The van der Waals surface area contributed by atoms with Gasteiger partial charge in [0.25, 0.3) is 11.8 Å². The van der Waals surface area contributed by atoms with Crippen molar-refractivity contribution in [1.29, 1.82) is 0 Å². The van der Waals surface area contributed by atoms with Gasteiger partial charge in [-0.25, -0.2) is 4.39 Å². The Hall–Kier alpha value is -2.24. The van der Waals surface area contributed by atoms with E-state index in [9.17, 15) is 14.0 Å². The Bertz CT molecular complexity index is 808. The lowest BCUT2D eigenvalue weighted by atomic mass is 10.1. The summed E-state index contributed by atoms with van der Waals surface area (Å²) in [6.07, 6.45) is 5.03. The van der Waals surface area contributed by atoms with Gasteiger partial charge in [-0.1, -0.05) is 49.6 Å². The number of amides is 2. The Morgan fingerprint density at radius 3 is 2.03 bits per heavy atom. The fourth-order valence-electron chi connectivity index (χ4n) is 3.62. The highest BCUT2D eigenvalue weighted by molar-refractivity contribution is 6.21. The normalized spacial score (nSPS) is 13.0. The van der Waals surface area contributed by atoms with Crippen molar-refractivity contribution >= 4 is 24.2 Å². The number of benzene rings is 2. The summed E-state index contributed by atoms with van der Waals surface area (Å²) in [6, 6.07) is 13.9. The molecule has 0 aliphatic carbocycles. The lowest BCUT2D eigenvalue weighted by molar-refractivity contribution is 0.0651. The zero-order valence-corrected chi connectivity index (χ0v) is 17.6. The maximum absolute atomic E-state index is 13.7. The minimum Gasteiger partial charge on any atom is -0.302 e. The summed E-state index contributed by atoms with van der Waals surface area (Å²) in [5.74, 6) is -0.492. The number of hydrogen-bond acceptors (Lipinski definition) is 3. The maximum atomic E-state index is 13.7. The fraction of sp³-hybridized carbons (Fsp3) is 0.391. The van der Waals surface area contributed by atoms with Gasteiger partial charge in [0.05, 0.1) is 11.1 Å². The van der Waals surface area contributed by atoms with Crippen LogP contribution in [-0.4, -0.2) is 41.8 Å². The van der Waals surface area contributed by atoms with Gasteiger partial charge in [-0.2, -0.15) is 0 Å². The van der Waals surface area contributed by atoms with Crippen molar-refractivity contribution in [3.8, 4) is 0 Å². The molecule has 0 spiro atoms. The summed E-state index contributed by atoms with van der Waals surface area (Å²) < 4.78 is 13.7. The quantitative estimate of drug-likeness (QED) is 0.406. The SMILES string of the molecule is CN(CCCCCCCN1C(=O)c2ccccc2C1=O)Cc1ccccc1F.Cl. The van der Waals surface area contributed by atoms with Crippen molar-refractivity contribution in [2.45, 2.75) is 38.6 Å². The van der Waals surface area contributed by atoms with Crippen molar-refractivity contribution in [2.24, 2.45) is 0 Å². The highest BCUT2D eigenvalue weighted by Gasteiger charge is 2.34. The van der Waals surface area contributed by atoms with E-state index >= 15 is 0 Å². The molecular formula is C23H28ClFN2O2. The smallest absolute Gasteiger partial charge is 0.261 e. The van der Waals surface area contributed by atoms with Gasteiger partial charge in [0.15, 0.2) is 0 Å². The van der Waals surface area contributed by atoms with Crippen LogP contribution in [0.4, 0.5) is 4.39 Å². The first-order valence-corrected chi connectivity index (χ1v) is 9.95. The number of hydrogen-bond donors (Lipinski definition) is 0. The van der Waals surface area contributed by atoms with Crippen LogP contribution in [0.25, 0.3) is 0 Å². The van der Waals surface area contributed by atoms with E-state index < -0.39 is 0 Å². The summed E-state index contributed by atoms with van der Waals surface area (Å²) in [5, 5.41) is 0. The van der Waals surface area contributed by atoms with Gasteiger partial charge in [-0.15, -0.1) is 12.4 Å². The van der Waals surface area contributed by atoms with Crippen LogP contribution in [0.5, 0.6) is 0 Å². The number of nitrogens with zero attached hydrogens (tertiary/aromatic N) is 2. The lowest BCUT2D eigenvalue weighted by Crippen LogP contribution is -2.30. The molecule has 0 unspecified atom stereocenters. The minimum absolute atomic E-state index is 0. The largest absolute Gasteiger partial charge is 0.302 e. The maximum Gasteiger partial charge on any atom is 0.261 e. The molecule has 1 heterocycles. The zero-order valence-electron chi connectivity index (χ0n) is 16.8. The Labute approximate surface area is 178 Å². The second kappa shape index (κ2) is 11.1. The van der Waals surface area contributed by atoms with Crippen LogP contribution in [0, 0.1) is 5.82 Å². The average molecular weight is 419 g/mol. The highest BCUT2D eigenvalue weighted by Crippen LogP contribution is 2.22. The van der Waals surface area contributed by atoms with Crippen LogP contribution < -0.4 is 0 Å². The van der Waals surface area contributed by atoms with Gasteiger partial charge in [-0.3, -0.25) is 14.5 Å². The van der Waals surface area contributed by atoms with E-state index in [4.69, 9.17) is 0 Å². The number of carbonyl (C=O) groups excluding carboxylic acids is 2. The summed E-state index contributed by atoms with van der Waals surface area (Å²) >= 11 is 0. The first-order chi connectivity index (χ1) is 13.6. The van der Waals surface area contributed by atoms with E-state index in [0.717, 1.165) is 44.2 Å². The number of fused-ring (bicyclic) bond motifs is 1. The molecule has 0 aromatic heterocycles. The van der Waals surface area contributed by atoms with Gasteiger partial charge in [0, 0.05) is 18.7 Å². The molecule has 0 atom stereocenters. The van der Waals surface area contributed by atoms with Crippen LogP contribution >= 0.6 is 12.4 Å². The third-order valence-corrected chi connectivity index (χ3v) is 5.20. The molecule has 4 nitrogen and oxygen atoms in total. The molecule has 1 aliphatic heterocycles. The van der Waals surface area contributed by atoms with Crippen molar-refractivity contribution in [3.05, 3.63) is 71.0 Å². The fourth-order valence-corrected chi connectivity index (χ4v) is 3.62. The molecule has 0 fully saturated rings. The molecule has 2 aromatic carbocycles. The molecule has 1 aliphatic rings. The van der Waals surface area contributed by atoms with Gasteiger partial charge in [0.2, 0.25) is 0 Å². The third-order valence-electron chi connectivity index (χ3n) is 5.20. The Kier molecular flexibility index (Phi) is 8.80. The number of halogens is 2. The van der Waals surface area contributed by atoms with Gasteiger partial charge in [0.1, 0.15) is 5.82 Å². The third kappa shape index (κ3) is 5.87. The number of rotatable bonds is 10. The molecule has 29 heavy (non-hydrogen) atoms. The standard InChI is InChI=1S/C23H27FN2O2.ClH/c1-25(17-18-11-5-8-14-21(18)24)15-9-3-2-4-10-16-26-22(27)19-12-6-7-13-20(19)23(26)28;/h5-8,11-14H,2-4,9-10,15-17H2,1H3;1H. The molecule has 0 saturated heterocycles. The van der Waals surface area contributed by atoms with Gasteiger partial charge in [-0.05, 0) is 44.6 Å². The molecule has 0 bridgehead atoms. The van der Waals surface area contributed by atoms with Gasteiger partial charge >= 0.3 is 0 Å². The summed E-state index contributed by atoms with van der Waals surface area (Å²) in [5.41, 5.74) is 1.77. The first kappa shape index (κ1) is 23.0. The Morgan fingerprint density at radius 2 is 1.38 bits per heavy atom. The van der Waals surface area contributed by atoms with Crippen LogP contribution in [-0.2, 0) is 6.54 Å². The number of unbranched alkanes of at least 4 members (excludes halogenated alkanes) is 4. The molecule has 2 amide bonds. The van der Waals surface area contributed by atoms with E-state index in [-0.39, 0.29) is 30.0 Å². The van der Waals surface area contributed by atoms with Crippen molar-refractivity contribution in [1.82, 2.24) is 9.80 Å². The molecule has 2 aromatic rings. The molecule has 0 radical (unpaired) electrons. The topological polar surface area (TPSA) is 40.6 Å². The van der Waals surface area contributed by atoms with E-state index in [0.29, 0.717) is 24.2 Å². The van der Waals surface area contributed by atoms with Crippen LogP contribution in [0.15, 0.2) is 48.5 Å². The predicted octanol–water partition coefficient (Wildman–Crippen LogP) is 4.93. The minimum atomic E-state index is -0.171. The molecule has 0 N–H and O–H groups in total. The molecule has 6 heteroatoms. The van der Waals surface area contributed by atoms with Gasteiger partial charge < -0.3 is 4.90 Å². The average Bonchev–Trinajstić information content (AvgIpc) is 2.94. The molecule has 156 valence electrons. The van der Waals surface area contributed by atoms with Crippen LogP contribution in [0.1, 0.15) is 58.4 Å². The van der Waals surface area contributed by atoms with Crippen molar-refractivity contribution in [2.75, 3.05) is 20.1 Å². The number of imide groups is 1. The molecule has 0 saturated carbocycles. The van der Waals surface area contributed by atoms with E-state index in [1.165, 1.54) is 11.0 Å². The predicted molar refractivity (Wildman–Crippen MR) is 115 cm³/mol. The van der Waals surface area contributed by atoms with E-state index in [2.05, 4.69) is 4.90 Å². The second-order valence-corrected chi connectivity index (χ2v) is 7.40. The summed E-state index contributed by atoms with van der Waals surface area (Å²) in [7, 11) is 2.01. The second-order valence-electron chi connectivity index (χ2n) is 7.40. The highest BCUT2D eigenvalue weighted by atomic mass is 35.5. The molecular weight excluding hydrogens is 391 g/mol. The van der Waals surface area contributed by atoms with Crippen molar-refractivity contribution < 1.29 is 14.0 Å². The summed E-state index contributed by atoms with van der Waals surface area (Å²) in [4.78, 5) is 28.1. The monoisotopic (exact) mass is 418 g/mol. The Morgan fingerprint density at radius 1 is 0.828 bits per heavy atom. The Balaban J connectivity index is 0.00000300. The number of carbonyl (C=O) groups is 2.